The summed E-state index contributed by atoms with van der Waals surface area (Å²) in [4.78, 5) is 12.2. The summed E-state index contributed by atoms with van der Waals surface area (Å²) in [6.45, 7) is 1.51. The van der Waals surface area contributed by atoms with Crippen molar-refractivity contribution in [3.63, 3.8) is 0 Å². The Morgan fingerprint density at radius 2 is 2.00 bits per heavy atom. The van der Waals surface area contributed by atoms with Gasteiger partial charge in [0.2, 0.25) is 5.91 Å². The van der Waals surface area contributed by atoms with Crippen LogP contribution in [0.2, 0.25) is 0 Å². The average molecular weight is 299 g/mol. The third kappa shape index (κ3) is 3.11. The summed E-state index contributed by atoms with van der Waals surface area (Å²) in [5.74, 6) is 1.82. The van der Waals surface area contributed by atoms with Crippen LogP contribution in [-0.4, -0.2) is 22.2 Å². The van der Waals surface area contributed by atoms with E-state index in [2.05, 4.69) is 28.2 Å². The van der Waals surface area contributed by atoms with Gasteiger partial charge in [0.05, 0.1) is 12.2 Å². The zero-order valence-corrected chi connectivity index (χ0v) is 13.1. The number of hydrogen-bond donors (Lipinski definition) is 1. The van der Waals surface area contributed by atoms with Crippen molar-refractivity contribution in [1.82, 2.24) is 15.1 Å². The van der Waals surface area contributed by atoms with Gasteiger partial charge in [-0.3, -0.25) is 9.48 Å². The molecule has 4 heteroatoms. The second-order valence-electron chi connectivity index (χ2n) is 7.04. The Kier molecular flexibility index (Phi) is 3.77. The van der Waals surface area contributed by atoms with Gasteiger partial charge in [-0.2, -0.15) is 5.10 Å². The fourth-order valence-electron chi connectivity index (χ4n) is 3.38. The van der Waals surface area contributed by atoms with Crippen LogP contribution < -0.4 is 5.32 Å². The second-order valence-corrected chi connectivity index (χ2v) is 7.04. The topological polar surface area (TPSA) is 46.9 Å². The van der Waals surface area contributed by atoms with Crippen LogP contribution in [0.1, 0.15) is 68.2 Å². The lowest BCUT2D eigenvalue weighted by Gasteiger charge is -2.17. The number of allylic oxidation sites excluding steroid dienone is 2. The maximum Gasteiger partial charge on any atom is 0.223 e. The van der Waals surface area contributed by atoms with Crippen LogP contribution >= 0.6 is 0 Å². The zero-order valence-electron chi connectivity index (χ0n) is 13.1. The van der Waals surface area contributed by atoms with Crippen molar-refractivity contribution in [1.29, 1.82) is 0 Å². The smallest absolute Gasteiger partial charge is 0.223 e. The number of rotatable bonds is 6. The summed E-state index contributed by atoms with van der Waals surface area (Å²) in [6, 6.07) is 2.32. The molecular formula is C18H25N3O. The maximum absolute atomic E-state index is 12.2. The molecule has 1 N–H and O–H groups in total. The summed E-state index contributed by atoms with van der Waals surface area (Å²) >= 11 is 0. The molecule has 1 atom stereocenters. The Morgan fingerprint density at radius 1 is 1.18 bits per heavy atom. The molecule has 0 radical (unpaired) electrons. The number of nitrogens with one attached hydrogen (secondary N) is 1. The molecular weight excluding hydrogens is 274 g/mol. The van der Waals surface area contributed by atoms with Crippen molar-refractivity contribution in [3.8, 4) is 0 Å². The predicted molar refractivity (Wildman–Crippen MR) is 85.7 cm³/mol. The molecule has 0 aromatic carbocycles. The van der Waals surface area contributed by atoms with Crippen molar-refractivity contribution >= 4 is 5.91 Å². The van der Waals surface area contributed by atoms with Gasteiger partial charge in [-0.15, -0.1) is 0 Å². The van der Waals surface area contributed by atoms with Gasteiger partial charge in [-0.05, 0) is 51.0 Å². The zero-order chi connectivity index (χ0) is 14.9. The Labute approximate surface area is 132 Å². The van der Waals surface area contributed by atoms with E-state index in [4.69, 9.17) is 5.10 Å². The molecule has 4 nitrogen and oxygen atoms in total. The fraction of sp³-hybridized carbons (Fsp3) is 0.667. The van der Waals surface area contributed by atoms with E-state index in [1.807, 2.05) is 0 Å². The van der Waals surface area contributed by atoms with Gasteiger partial charge in [0.1, 0.15) is 0 Å². The number of carbonyl (C=O) groups is 1. The molecule has 22 heavy (non-hydrogen) atoms. The Balaban J connectivity index is 1.33. The van der Waals surface area contributed by atoms with Crippen molar-refractivity contribution in [3.05, 3.63) is 29.6 Å². The maximum atomic E-state index is 12.2. The lowest BCUT2D eigenvalue weighted by molar-refractivity contribution is -0.125. The van der Waals surface area contributed by atoms with Gasteiger partial charge in [-0.1, -0.05) is 12.2 Å². The summed E-state index contributed by atoms with van der Waals surface area (Å²) in [5.41, 5.74) is 2.68. The molecule has 1 amide bonds. The van der Waals surface area contributed by atoms with Crippen molar-refractivity contribution in [2.75, 3.05) is 6.54 Å². The lowest BCUT2D eigenvalue weighted by Crippen LogP contribution is -2.33. The third-order valence-electron chi connectivity index (χ3n) is 5.08. The molecule has 1 unspecified atom stereocenters. The first-order valence-corrected chi connectivity index (χ1v) is 8.81. The normalized spacial score (nSPS) is 24.5. The van der Waals surface area contributed by atoms with Crippen LogP contribution in [0.5, 0.6) is 0 Å². The van der Waals surface area contributed by atoms with E-state index in [1.54, 1.807) is 0 Å². The number of carbonyl (C=O) groups excluding carboxylic acids is 1. The van der Waals surface area contributed by atoms with E-state index in [-0.39, 0.29) is 11.8 Å². The second kappa shape index (κ2) is 5.90. The highest BCUT2D eigenvalue weighted by Gasteiger charge is 2.32. The number of aromatic nitrogens is 2. The highest BCUT2D eigenvalue weighted by atomic mass is 16.1. The van der Waals surface area contributed by atoms with E-state index in [0.29, 0.717) is 12.5 Å². The van der Waals surface area contributed by atoms with Crippen LogP contribution in [-0.2, 0) is 11.3 Å². The molecule has 118 valence electrons. The quantitative estimate of drug-likeness (QED) is 0.820. The summed E-state index contributed by atoms with van der Waals surface area (Å²) in [5, 5.41) is 7.90. The molecule has 4 rings (SSSR count). The van der Waals surface area contributed by atoms with Gasteiger partial charge in [0, 0.05) is 30.0 Å². The van der Waals surface area contributed by atoms with E-state index in [0.717, 1.165) is 31.7 Å². The largest absolute Gasteiger partial charge is 0.354 e. The minimum atomic E-state index is 0.174. The third-order valence-corrected chi connectivity index (χ3v) is 5.08. The van der Waals surface area contributed by atoms with E-state index in [9.17, 15) is 4.79 Å². The molecule has 2 fully saturated rings. The molecule has 1 heterocycles. The van der Waals surface area contributed by atoms with Crippen molar-refractivity contribution < 1.29 is 4.79 Å². The molecule has 0 saturated heterocycles. The van der Waals surface area contributed by atoms with Crippen LogP contribution in [0, 0.1) is 5.92 Å². The van der Waals surface area contributed by atoms with Crippen molar-refractivity contribution in [2.24, 2.45) is 5.92 Å². The number of hydrogen-bond acceptors (Lipinski definition) is 2. The summed E-state index contributed by atoms with van der Waals surface area (Å²) in [7, 11) is 0. The molecule has 0 spiro atoms. The van der Waals surface area contributed by atoms with Gasteiger partial charge in [0.25, 0.3) is 0 Å². The van der Waals surface area contributed by atoms with Gasteiger partial charge >= 0.3 is 0 Å². The Bertz CT molecular complexity index is 581. The highest BCUT2D eigenvalue weighted by Crippen LogP contribution is 2.44. The molecule has 0 bridgehead atoms. The minimum absolute atomic E-state index is 0.174. The summed E-state index contributed by atoms with van der Waals surface area (Å²) in [6.07, 6.45) is 12.4. The monoisotopic (exact) mass is 299 g/mol. The SMILES string of the molecule is O=C(NCCn1nc(C2CC2)cc1C1CC1)C1CC=CCC1. The molecule has 1 aromatic heterocycles. The first-order valence-electron chi connectivity index (χ1n) is 8.81. The van der Waals surface area contributed by atoms with E-state index >= 15 is 0 Å². The van der Waals surface area contributed by atoms with Gasteiger partial charge in [-0.25, -0.2) is 0 Å². The van der Waals surface area contributed by atoms with Crippen LogP contribution in [0.3, 0.4) is 0 Å². The summed E-state index contributed by atoms with van der Waals surface area (Å²) < 4.78 is 2.16. The Hall–Kier alpha value is -1.58. The molecule has 3 aliphatic carbocycles. The highest BCUT2D eigenvalue weighted by molar-refractivity contribution is 5.78. The van der Waals surface area contributed by atoms with E-state index < -0.39 is 0 Å². The van der Waals surface area contributed by atoms with Crippen LogP contribution in [0.4, 0.5) is 0 Å². The molecule has 0 aliphatic heterocycles. The number of nitrogens with zero attached hydrogens (tertiary/aromatic N) is 2. The standard InChI is InChI=1S/C18H25N3O/c22-18(15-4-2-1-3-5-15)19-10-11-21-17(14-8-9-14)12-16(20-21)13-6-7-13/h1-2,12-15H,3-11H2,(H,19,22). The first kappa shape index (κ1) is 14.0. The predicted octanol–water partition coefficient (Wildman–Crippen LogP) is 3.11. The van der Waals surface area contributed by atoms with E-state index in [1.165, 1.54) is 37.1 Å². The van der Waals surface area contributed by atoms with Crippen LogP contribution in [0.25, 0.3) is 0 Å². The molecule has 2 saturated carbocycles. The van der Waals surface area contributed by atoms with Crippen molar-refractivity contribution in [2.45, 2.75) is 63.3 Å². The van der Waals surface area contributed by atoms with Crippen LogP contribution in [0.15, 0.2) is 18.2 Å². The Morgan fingerprint density at radius 3 is 2.68 bits per heavy atom. The van der Waals surface area contributed by atoms with Gasteiger partial charge in [0.15, 0.2) is 0 Å². The molecule has 3 aliphatic rings. The lowest BCUT2D eigenvalue weighted by atomic mass is 9.94. The molecule has 1 aromatic rings. The average Bonchev–Trinajstić information content (AvgIpc) is 3.47. The fourth-order valence-corrected chi connectivity index (χ4v) is 3.38. The minimum Gasteiger partial charge on any atom is -0.354 e. The first-order chi connectivity index (χ1) is 10.8. The number of amides is 1. The van der Waals surface area contributed by atoms with Gasteiger partial charge < -0.3 is 5.32 Å².